The molecule has 6 radical (unpaired) electrons. The Bertz CT molecular complexity index is 839. The summed E-state index contributed by atoms with van der Waals surface area (Å²) in [5, 5.41) is 8.62. The van der Waals surface area contributed by atoms with Crippen LogP contribution in [0.2, 0.25) is 0 Å². The van der Waals surface area contributed by atoms with Crippen molar-refractivity contribution in [1.29, 1.82) is 0 Å². The van der Waals surface area contributed by atoms with E-state index in [0.717, 1.165) is 75.0 Å². The molecule has 0 aromatic carbocycles. The predicted octanol–water partition coefficient (Wildman–Crippen LogP) is 7.66. The molecular weight excluding hydrogens is 627 g/mol. The van der Waals surface area contributed by atoms with E-state index in [4.69, 9.17) is 19.1 Å². The predicted molar refractivity (Wildman–Crippen MR) is 151 cm³/mol. The van der Waals surface area contributed by atoms with Crippen LogP contribution in [0.5, 0.6) is 0 Å². The van der Waals surface area contributed by atoms with Gasteiger partial charge in [0.2, 0.25) is 0 Å². The number of Topliss-reactive ketones (excluding diaryl/α,β-unsaturated/α-hetero) is 2. The van der Waals surface area contributed by atoms with Crippen LogP contribution in [0.25, 0.3) is 0 Å². The van der Waals surface area contributed by atoms with Crippen LogP contribution in [0.3, 0.4) is 0 Å². The molecule has 1 saturated carbocycles. The standard InChI is InChI=1S/C29H41O4S.3CO.Tc/c30-26(24-16-14-15-17-24)19-11-9-8-10-18-25-22-23-28(34-25)27(31)20-12-6-4-2-1-3-5-7-13-21-29(32)33;3*1-2;/h14-17,22-23H,1-13,18-21H2,(H,32,33);;;;/i;;;;1+1. The molecule has 1 N–H and O–H groups in total. The molecule has 1 aromatic heterocycles. The van der Waals surface area contributed by atoms with E-state index in [-0.39, 0.29) is 31.7 Å². The van der Waals surface area contributed by atoms with Gasteiger partial charge < -0.3 is 5.11 Å². The third-order valence-electron chi connectivity index (χ3n) is 6.29. The Balaban J connectivity index is -0.00000193. The zero-order chi connectivity index (χ0) is 30.4. The van der Waals surface area contributed by atoms with Gasteiger partial charge >= 0.3 is 39.9 Å². The molecule has 0 saturated heterocycles. The number of thiophene rings is 1. The summed E-state index contributed by atoms with van der Waals surface area (Å²) in [4.78, 5) is 37.1. The molecule has 1 fully saturated rings. The zero-order valence-electron chi connectivity index (χ0n) is 23.7. The number of hydrogen-bond donors (Lipinski definition) is 1. The van der Waals surface area contributed by atoms with E-state index in [0.29, 0.717) is 19.3 Å². The first kappa shape index (κ1) is 43.8. The van der Waals surface area contributed by atoms with Crippen molar-refractivity contribution >= 4 is 28.9 Å². The minimum absolute atomic E-state index is 0. The summed E-state index contributed by atoms with van der Waals surface area (Å²) in [5.41, 5.74) is 0. The number of carbonyl (C=O) groups is 3. The molecule has 7 nitrogen and oxygen atoms in total. The van der Waals surface area contributed by atoms with Gasteiger partial charge in [0.05, 0.1) is 4.88 Å². The first-order valence-electron chi connectivity index (χ1n) is 13.8. The fourth-order valence-electron chi connectivity index (χ4n) is 4.23. The number of carboxylic acid groups (broad SMARTS) is 1. The molecule has 1 aromatic rings. The monoisotopic (exact) mass is 668 g/mol. The van der Waals surface area contributed by atoms with Crippen LogP contribution in [0, 0.1) is 51.6 Å². The maximum atomic E-state index is 12.5. The topological polar surface area (TPSA) is 131 Å². The van der Waals surface area contributed by atoms with Gasteiger partial charge in [0.1, 0.15) is 5.78 Å². The normalized spacial score (nSPS) is 11.8. The third-order valence-corrected chi connectivity index (χ3v) is 7.48. The Hall–Kier alpha value is -1.62. The summed E-state index contributed by atoms with van der Waals surface area (Å²) in [6, 6.07) is 4.10. The molecule has 9 heteroatoms. The number of aryl methyl sites for hydroxylation is 1. The first-order chi connectivity index (χ1) is 19.6. The van der Waals surface area contributed by atoms with Crippen molar-refractivity contribution in [2.24, 2.45) is 0 Å². The molecule has 1 aliphatic carbocycles. The Morgan fingerprint density at radius 3 is 1.51 bits per heavy atom. The molecule has 0 aliphatic heterocycles. The summed E-state index contributed by atoms with van der Waals surface area (Å²) < 4.78 is 22.5. The summed E-state index contributed by atoms with van der Waals surface area (Å²) in [6.45, 7) is 13.5. The average molecular weight is 669 g/mol. The number of hydrogen-bond acceptors (Lipinski definition) is 4. The van der Waals surface area contributed by atoms with Gasteiger partial charge in [-0.3, -0.25) is 14.4 Å². The van der Waals surface area contributed by atoms with Gasteiger partial charge in [-0.2, -0.15) is 0 Å². The number of carboxylic acids is 1. The van der Waals surface area contributed by atoms with Gasteiger partial charge in [0.15, 0.2) is 5.78 Å². The quantitative estimate of drug-likeness (QED) is 0.0624. The summed E-state index contributed by atoms with van der Waals surface area (Å²) in [7, 11) is 0. The van der Waals surface area contributed by atoms with Crippen molar-refractivity contribution in [3.8, 4) is 0 Å². The number of aliphatic carboxylic acids is 1. The van der Waals surface area contributed by atoms with Gasteiger partial charge in [-0.1, -0.05) is 57.8 Å². The van der Waals surface area contributed by atoms with E-state index in [9.17, 15) is 14.4 Å². The Kier molecular flexibility index (Phi) is 35.2. The van der Waals surface area contributed by atoms with Crippen LogP contribution in [0.4, 0.5) is 0 Å². The molecule has 224 valence electrons. The summed E-state index contributed by atoms with van der Waals surface area (Å²) >= 11 is 1.65. The Labute approximate surface area is 264 Å². The number of carbonyl (C=O) groups excluding carboxylic acids is 2. The average Bonchev–Trinajstić information content (AvgIpc) is 3.70. The van der Waals surface area contributed by atoms with Crippen LogP contribution in [-0.4, -0.2) is 22.6 Å². The van der Waals surface area contributed by atoms with Crippen LogP contribution in [0.15, 0.2) is 12.1 Å². The summed E-state index contributed by atoms with van der Waals surface area (Å²) in [6.07, 6.45) is 24.2. The van der Waals surface area contributed by atoms with Crippen molar-refractivity contribution in [2.45, 2.75) is 109 Å². The number of ketones is 2. The van der Waals surface area contributed by atoms with Crippen LogP contribution in [-0.2, 0) is 50.1 Å². The van der Waals surface area contributed by atoms with E-state index in [1.165, 1.54) is 30.6 Å². The van der Waals surface area contributed by atoms with Gasteiger partial charge in [-0.15, -0.1) is 11.3 Å². The molecule has 0 atom stereocenters. The Morgan fingerprint density at radius 2 is 1.02 bits per heavy atom. The van der Waals surface area contributed by atoms with Crippen molar-refractivity contribution in [1.82, 2.24) is 0 Å². The molecule has 0 bridgehead atoms. The van der Waals surface area contributed by atoms with E-state index in [1.807, 2.05) is 31.7 Å². The van der Waals surface area contributed by atoms with Crippen molar-refractivity contribution in [3.05, 3.63) is 73.4 Å². The van der Waals surface area contributed by atoms with Gasteiger partial charge in [-0.05, 0) is 69.9 Å². The molecule has 1 aliphatic rings. The molecular formula is C32H41O7STc. The number of rotatable bonds is 21. The fourth-order valence-corrected chi connectivity index (χ4v) is 5.24. The van der Waals surface area contributed by atoms with E-state index in [2.05, 4.69) is 26.0 Å². The second-order valence-corrected chi connectivity index (χ2v) is 10.4. The van der Waals surface area contributed by atoms with Crippen molar-refractivity contribution < 1.29 is 53.6 Å². The SMILES string of the molecule is O=C(O)CCCCCCCCCCCC(=O)c1ccc(CCCCCCC(=O)[C]2[CH][CH][CH][CH]2)s1.[99Tc].[C-]#[O+].[C-]#[O+].[C-]#[O+]. The molecule has 2 rings (SSSR count). The van der Waals surface area contributed by atoms with E-state index >= 15 is 0 Å². The minimum atomic E-state index is -0.695. The van der Waals surface area contributed by atoms with Crippen LogP contribution >= 0.6 is 11.3 Å². The fraction of sp³-hybridized carbons (Fsp3) is 0.531. The van der Waals surface area contributed by atoms with Gasteiger partial charge in [0, 0.05) is 50.2 Å². The molecule has 41 heavy (non-hydrogen) atoms. The molecule has 0 amide bonds. The zero-order valence-corrected chi connectivity index (χ0v) is 26.3. The molecule has 0 unspecified atom stereocenters. The Morgan fingerprint density at radius 1 is 0.610 bits per heavy atom. The van der Waals surface area contributed by atoms with Crippen molar-refractivity contribution in [3.63, 3.8) is 0 Å². The first-order valence-corrected chi connectivity index (χ1v) is 14.6. The molecule has 1 heterocycles. The second kappa shape index (κ2) is 32.9. The summed E-state index contributed by atoms with van der Waals surface area (Å²) in [5.74, 6) is 0.661. The second-order valence-electron chi connectivity index (χ2n) is 9.28. The van der Waals surface area contributed by atoms with Gasteiger partial charge in [0.25, 0.3) is 0 Å². The van der Waals surface area contributed by atoms with Crippen LogP contribution < -0.4 is 0 Å². The van der Waals surface area contributed by atoms with Crippen LogP contribution in [0.1, 0.15) is 117 Å². The van der Waals surface area contributed by atoms with Gasteiger partial charge in [-0.25, -0.2) is 0 Å². The number of unbranched alkanes of at least 4 members (excludes halogenated alkanes) is 11. The van der Waals surface area contributed by atoms with Crippen molar-refractivity contribution in [2.75, 3.05) is 0 Å². The third kappa shape index (κ3) is 24.7. The molecule has 0 spiro atoms. The maximum absolute atomic E-state index is 12.5. The van der Waals surface area contributed by atoms with E-state index < -0.39 is 5.97 Å². The van der Waals surface area contributed by atoms with E-state index in [1.54, 1.807) is 11.3 Å².